The standard InChI is InChI=1S/C10H16N2O2/c1-3-8(11)6-12-10(13)9-5-4-7(2)14-9/h4-5,8H,3,6,11H2,1-2H3,(H,12,13). The smallest absolute Gasteiger partial charge is 0.287 e. The summed E-state index contributed by atoms with van der Waals surface area (Å²) in [5.41, 5.74) is 5.66. The SMILES string of the molecule is CCC(N)CNC(=O)c1ccc(C)o1. The molecule has 4 nitrogen and oxygen atoms in total. The van der Waals surface area contributed by atoms with Gasteiger partial charge in [-0.2, -0.15) is 0 Å². The first kappa shape index (κ1) is 10.8. The van der Waals surface area contributed by atoms with E-state index in [-0.39, 0.29) is 11.9 Å². The first-order valence-corrected chi connectivity index (χ1v) is 4.73. The van der Waals surface area contributed by atoms with Gasteiger partial charge in [0.1, 0.15) is 5.76 Å². The maximum Gasteiger partial charge on any atom is 0.287 e. The second-order valence-electron chi connectivity index (χ2n) is 3.29. The van der Waals surface area contributed by atoms with Crippen LogP contribution >= 0.6 is 0 Å². The number of aryl methyl sites for hydroxylation is 1. The average Bonchev–Trinajstić information content (AvgIpc) is 2.60. The topological polar surface area (TPSA) is 68.3 Å². The number of nitrogens with one attached hydrogen (secondary N) is 1. The van der Waals surface area contributed by atoms with Gasteiger partial charge in [0.2, 0.25) is 0 Å². The summed E-state index contributed by atoms with van der Waals surface area (Å²) in [5.74, 6) is 0.864. The van der Waals surface area contributed by atoms with Crippen LogP contribution in [0.15, 0.2) is 16.5 Å². The monoisotopic (exact) mass is 196 g/mol. The fraction of sp³-hybridized carbons (Fsp3) is 0.500. The summed E-state index contributed by atoms with van der Waals surface area (Å²) >= 11 is 0. The molecule has 1 amide bonds. The summed E-state index contributed by atoms with van der Waals surface area (Å²) in [7, 11) is 0. The third-order valence-electron chi connectivity index (χ3n) is 2.01. The molecule has 4 heteroatoms. The first-order chi connectivity index (χ1) is 6.63. The van der Waals surface area contributed by atoms with Crippen molar-refractivity contribution in [2.24, 2.45) is 5.73 Å². The van der Waals surface area contributed by atoms with E-state index in [1.807, 2.05) is 6.92 Å². The van der Waals surface area contributed by atoms with Crippen LogP contribution in [0.1, 0.15) is 29.7 Å². The highest BCUT2D eigenvalue weighted by molar-refractivity contribution is 5.91. The lowest BCUT2D eigenvalue weighted by molar-refractivity contribution is 0.0922. The molecule has 0 fully saturated rings. The Morgan fingerprint density at radius 3 is 2.86 bits per heavy atom. The largest absolute Gasteiger partial charge is 0.456 e. The van der Waals surface area contributed by atoms with Crippen molar-refractivity contribution < 1.29 is 9.21 Å². The molecule has 0 aliphatic carbocycles. The molecular formula is C10H16N2O2. The van der Waals surface area contributed by atoms with Gasteiger partial charge in [-0.05, 0) is 25.5 Å². The molecule has 0 aliphatic heterocycles. The van der Waals surface area contributed by atoms with Crippen LogP contribution in [-0.4, -0.2) is 18.5 Å². The summed E-state index contributed by atoms with van der Waals surface area (Å²) < 4.78 is 5.16. The summed E-state index contributed by atoms with van der Waals surface area (Å²) in [6.45, 7) is 4.26. The fourth-order valence-corrected chi connectivity index (χ4v) is 1.01. The van der Waals surface area contributed by atoms with Gasteiger partial charge in [-0.3, -0.25) is 4.79 Å². The summed E-state index contributed by atoms with van der Waals surface area (Å²) in [6, 6.07) is 3.42. The molecule has 0 saturated heterocycles. The normalized spacial score (nSPS) is 12.5. The van der Waals surface area contributed by atoms with Crippen molar-refractivity contribution in [3.8, 4) is 0 Å². The molecule has 14 heavy (non-hydrogen) atoms. The Hall–Kier alpha value is -1.29. The van der Waals surface area contributed by atoms with Crippen LogP contribution < -0.4 is 11.1 Å². The fourth-order valence-electron chi connectivity index (χ4n) is 1.01. The van der Waals surface area contributed by atoms with Gasteiger partial charge in [0.15, 0.2) is 5.76 Å². The van der Waals surface area contributed by atoms with E-state index in [0.717, 1.165) is 12.2 Å². The van der Waals surface area contributed by atoms with Gasteiger partial charge in [-0.1, -0.05) is 6.92 Å². The number of amides is 1. The Balaban J connectivity index is 2.43. The molecule has 0 spiro atoms. The van der Waals surface area contributed by atoms with Crippen molar-refractivity contribution >= 4 is 5.91 Å². The minimum Gasteiger partial charge on any atom is -0.456 e. The second-order valence-corrected chi connectivity index (χ2v) is 3.29. The Kier molecular flexibility index (Phi) is 3.71. The van der Waals surface area contributed by atoms with Crippen molar-refractivity contribution in [1.82, 2.24) is 5.32 Å². The Labute approximate surface area is 83.5 Å². The molecule has 78 valence electrons. The minimum absolute atomic E-state index is 0.00927. The van der Waals surface area contributed by atoms with Crippen molar-refractivity contribution in [3.05, 3.63) is 23.7 Å². The molecule has 1 aromatic heterocycles. The van der Waals surface area contributed by atoms with Gasteiger partial charge in [0, 0.05) is 12.6 Å². The van der Waals surface area contributed by atoms with Gasteiger partial charge in [-0.25, -0.2) is 0 Å². The van der Waals surface area contributed by atoms with E-state index in [9.17, 15) is 4.79 Å². The molecule has 0 aliphatic rings. The molecule has 0 bridgehead atoms. The maximum absolute atomic E-state index is 11.4. The number of nitrogens with two attached hydrogens (primary N) is 1. The average molecular weight is 196 g/mol. The zero-order valence-corrected chi connectivity index (χ0v) is 8.54. The number of carbonyl (C=O) groups excluding carboxylic acids is 1. The van der Waals surface area contributed by atoms with Crippen LogP contribution in [0.5, 0.6) is 0 Å². The highest BCUT2D eigenvalue weighted by Gasteiger charge is 2.10. The molecule has 3 N–H and O–H groups in total. The van der Waals surface area contributed by atoms with E-state index in [2.05, 4.69) is 5.32 Å². The van der Waals surface area contributed by atoms with Crippen LogP contribution in [0.4, 0.5) is 0 Å². The van der Waals surface area contributed by atoms with E-state index in [0.29, 0.717) is 12.3 Å². The van der Waals surface area contributed by atoms with Crippen LogP contribution in [-0.2, 0) is 0 Å². The highest BCUT2D eigenvalue weighted by atomic mass is 16.3. The Morgan fingerprint density at radius 2 is 2.36 bits per heavy atom. The van der Waals surface area contributed by atoms with Crippen molar-refractivity contribution in [2.45, 2.75) is 26.3 Å². The van der Waals surface area contributed by atoms with Crippen LogP contribution in [0, 0.1) is 6.92 Å². The van der Waals surface area contributed by atoms with Gasteiger partial charge in [0.05, 0.1) is 0 Å². The van der Waals surface area contributed by atoms with Gasteiger partial charge >= 0.3 is 0 Å². The number of hydrogen-bond acceptors (Lipinski definition) is 3. The number of rotatable bonds is 4. The van der Waals surface area contributed by atoms with E-state index in [1.54, 1.807) is 19.1 Å². The van der Waals surface area contributed by atoms with Crippen LogP contribution in [0.3, 0.4) is 0 Å². The highest BCUT2D eigenvalue weighted by Crippen LogP contribution is 2.05. The molecule has 1 aromatic rings. The number of hydrogen-bond donors (Lipinski definition) is 2. The predicted octanol–water partition coefficient (Wildman–Crippen LogP) is 1.06. The van der Waals surface area contributed by atoms with Gasteiger partial charge in [0.25, 0.3) is 5.91 Å². The third kappa shape index (κ3) is 2.88. The molecule has 0 radical (unpaired) electrons. The summed E-state index contributed by atoms with van der Waals surface area (Å²) in [4.78, 5) is 11.4. The lowest BCUT2D eigenvalue weighted by atomic mass is 10.2. The van der Waals surface area contributed by atoms with Crippen molar-refractivity contribution in [1.29, 1.82) is 0 Å². The summed E-state index contributed by atoms with van der Waals surface area (Å²) in [6.07, 6.45) is 0.845. The number of furan rings is 1. The lowest BCUT2D eigenvalue weighted by Gasteiger charge is -2.08. The Morgan fingerprint density at radius 1 is 1.64 bits per heavy atom. The van der Waals surface area contributed by atoms with E-state index in [1.165, 1.54) is 0 Å². The predicted molar refractivity (Wildman–Crippen MR) is 54.0 cm³/mol. The second kappa shape index (κ2) is 4.81. The molecule has 1 atom stereocenters. The first-order valence-electron chi connectivity index (χ1n) is 4.73. The number of carbonyl (C=O) groups is 1. The molecule has 1 unspecified atom stereocenters. The summed E-state index contributed by atoms with van der Waals surface area (Å²) in [5, 5.41) is 2.71. The van der Waals surface area contributed by atoms with Crippen LogP contribution in [0.2, 0.25) is 0 Å². The maximum atomic E-state index is 11.4. The van der Waals surface area contributed by atoms with Crippen LogP contribution in [0.25, 0.3) is 0 Å². The quantitative estimate of drug-likeness (QED) is 0.756. The van der Waals surface area contributed by atoms with Gasteiger partial charge < -0.3 is 15.5 Å². The lowest BCUT2D eigenvalue weighted by Crippen LogP contribution is -2.36. The molecule has 1 rings (SSSR count). The third-order valence-corrected chi connectivity index (χ3v) is 2.01. The van der Waals surface area contributed by atoms with E-state index < -0.39 is 0 Å². The Bertz CT molecular complexity index is 307. The van der Waals surface area contributed by atoms with Crippen molar-refractivity contribution in [2.75, 3.05) is 6.54 Å². The minimum atomic E-state index is -0.206. The molecule has 0 aromatic carbocycles. The zero-order chi connectivity index (χ0) is 10.6. The molecular weight excluding hydrogens is 180 g/mol. The zero-order valence-electron chi connectivity index (χ0n) is 8.54. The molecule has 0 saturated carbocycles. The van der Waals surface area contributed by atoms with E-state index in [4.69, 9.17) is 10.2 Å². The van der Waals surface area contributed by atoms with E-state index >= 15 is 0 Å². The van der Waals surface area contributed by atoms with Gasteiger partial charge in [-0.15, -0.1) is 0 Å². The molecule has 1 heterocycles. The van der Waals surface area contributed by atoms with Crippen molar-refractivity contribution in [3.63, 3.8) is 0 Å².